The van der Waals surface area contributed by atoms with Crippen LogP contribution in [0.25, 0.3) is 0 Å². The van der Waals surface area contributed by atoms with Crippen LogP contribution in [0.5, 0.6) is 0 Å². The second-order valence-corrected chi connectivity index (χ2v) is 6.46. The largest absolute Gasteiger partial charge is 0.481 e. The lowest BCUT2D eigenvalue weighted by atomic mass is 9.62. The number of halogens is 1. The normalized spacial score (nSPS) is 29.3. The molecule has 116 valence electrons. The first-order valence-corrected chi connectivity index (χ1v) is 7.87. The van der Waals surface area contributed by atoms with Crippen molar-refractivity contribution in [3.8, 4) is 0 Å². The van der Waals surface area contributed by atoms with Crippen LogP contribution in [0.2, 0.25) is 5.02 Å². The zero-order chi connectivity index (χ0) is 15.7. The average Bonchev–Trinajstić information content (AvgIpc) is 2.54. The number of carboxylic acid groups (broad SMARTS) is 1. The molecule has 2 N–H and O–H groups in total. The molecule has 0 spiro atoms. The minimum Gasteiger partial charge on any atom is -0.481 e. The van der Waals surface area contributed by atoms with Crippen molar-refractivity contribution in [2.75, 3.05) is 0 Å². The SMILES string of the molecule is O=C(O)[C@@H]1[C@@H](C(=O)NCc2ccc(Cl)cc2)[C@H]2C=C[C@@H]1CC2. The molecular formula is C17H18ClNO3. The lowest BCUT2D eigenvalue weighted by Crippen LogP contribution is -2.48. The maximum atomic E-state index is 12.5. The van der Waals surface area contributed by atoms with Gasteiger partial charge in [-0.05, 0) is 42.4 Å². The number of hydrogen-bond donors (Lipinski definition) is 2. The molecule has 4 atom stereocenters. The van der Waals surface area contributed by atoms with Crippen LogP contribution in [-0.4, -0.2) is 17.0 Å². The predicted octanol–water partition coefficient (Wildman–Crippen LogP) is 2.87. The summed E-state index contributed by atoms with van der Waals surface area (Å²) in [5.74, 6) is -2.08. The highest BCUT2D eigenvalue weighted by Gasteiger charge is 2.47. The van der Waals surface area contributed by atoms with Gasteiger partial charge in [-0.3, -0.25) is 9.59 Å². The van der Waals surface area contributed by atoms with Crippen molar-refractivity contribution in [3.05, 3.63) is 47.0 Å². The highest BCUT2D eigenvalue weighted by atomic mass is 35.5. The molecule has 4 nitrogen and oxygen atoms in total. The van der Waals surface area contributed by atoms with E-state index in [-0.39, 0.29) is 17.7 Å². The lowest BCUT2D eigenvalue weighted by Gasteiger charge is -2.41. The first kappa shape index (κ1) is 15.1. The van der Waals surface area contributed by atoms with E-state index in [1.54, 1.807) is 12.1 Å². The first-order chi connectivity index (χ1) is 10.6. The van der Waals surface area contributed by atoms with Gasteiger partial charge in [0.15, 0.2) is 0 Å². The maximum Gasteiger partial charge on any atom is 0.307 e. The van der Waals surface area contributed by atoms with E-state index in [4.69, 9.17) is 11.6 Å². The summed E-state index contributed by atoms with van der Waals surface area (Å²) in [6.07, 6.45) is 5.74. The Balaban J connectivity index is 1.69. The molecule has 0 heterocycles. The van der Waals surface area contributed by atoms with Gasteiger partial charge >= 0.3 is 5.97 Å². The highest BCUT2D eigenvalue weighted by molar-refractivity contribution is 6.30. The third-order valence-corrected chi connectivity index (χ3v) is 4.97. The molecule has 1 aromatic rings. The molecular weight excluding hydrogens is 302 g/mol. The summed E-state index contributed by atoms with van der Waals surface area (Å²) in [7, 11) is 0. The molecule has 1 aromatic carbocycles. The number of amides is 1. The Labute approximate surface area is 134 Å². The van der Waals surface area contributed by atoms with Crippen molar-refractivity contribution < 1.29 is 14.7 Å². The molecule has 22 heavy (non-hydrogen) atoms. The molecule has 0 unspecified atom stereocenters. The van der Waals surface area contributed by atoms with E-state index in [1.165, 1.54) is 0 Å². The molecule has 0 radical (unpaired) electrons. The molecule has 2 bridgehead atoms. The molecule has 1 saturated carbocycles. The van der Waals surface area contributed by atoms with E-state index in [2.05, 4.69) is 5.32 Å². The van der Waals surface area contributed by atoms with Crippen LogP contribution < -0.4 is 5.32 Å². The minimum atomic E-state index is -0.870. The quantitative estimate of drug-likeness (QED) is 0.839. The molecule has 3 aliphatic rings. The van der Waals surface area contributed by atoms with Gasteiger partial charge in [0, 0.05) is 11.6 Å². The van der Waals surface area contributed by atoms with Crippen molar-refractivity contribution in [2.45, 2.75) is 19.4 Å². The van der Waals surface area contributed by atoms with Crippen LogP contribution in [0.3, 0.4) is 0 Å². The van der Waals surface area contributed by atoms with Crippen molar-refractivity contribution in [1.82, 2.24) is 5.32 Å². The Morgan fingerprint density at radius 3 is 2.23 bits per heavy atom. The van der Waals surface area contributed by atoms with E-state index >= 15 is 0 Å². The molecule has 0 aliphatic heterocycles. The molecule has 5 heteroatoms. The zero-order valence-electron chi connectivity index (χ0n) is 12.0. The smallest absolute Gasteiger partial charge is 0.307 e. The van der Waals surface area contributed by atoms with Gasteiger partial charge in [0.05, 0.1) is 11.8 Å². The minimum absolute atomic E-state index is 0.0196. The van der Waals surface area contributed by atoms with Crippen molar-refractivity contribution in [1.29, 1.82) is 0 Å². The van der Waals surface area contributed by atoms with Crippen LogP contribution in [0.15, 0.2) is 36.4 Å². The summed E-state index contributed by atoms with van der Waals surface area (Å²) in [6.45, 7) is 0.389. The van der Waals surface area contributed by atoms with Gasteiger partial charge in [-0.15, -0.1) is 0 Å². The number of allylic oxidation sites excluding steroid dienone is 2. The topological polar surface area (TPSA) is 66.4 Å². The van der Waals surface area contributed by atoms with Gasteiger partial charge in [0.25, 0.3) is 0 Å². The summed E-state index contributed by atoms with van der Waals surface area (Å²) >= 11 is 5.83. The summed E-state index contributed by atoms with van der Waals surface area (Å²) in [4.78, 5) is 24.1. The molecule has 1 fully saturated rings. The number of carbonyl (C=O) groups excluding carboxylic acids is 1. The molecule has 3 aliphatic carbocycles. The molecule has 0 aromatic heterocycles. The van der Waals surface area contributed by atoms with Gasteiger partial charge in [-0.1, -0.05) is 35.9 Å². The molecule has 0 saturated heterocycles. The maximum absolute atomic E-state index is 12.5. The third kappa shape index (κ3) is 2.88. The Hall–Kier alpha value is -1.81. The fraction of sp³-hybridized carbons (Fsp3) is 0.412. The number of rotatable bonds is 4. The number of hydrogen-bond acceptors (Lipinski definition) is 2. The average molecular weight is 320 g/mol. The van der Waals surface area contributed by atoms with Crippen LogP contribution in [-0.2, 0) is 16.1 Å². The standard InChI is InChI=1S/C17H18ClNO3/c18-13-7-1-10(2-8-13)9-19-16(20)14-11-3-5-12(6-4-11)15(14)17(21)22/h1-3,5,7-8,11-12,14-15H,4,6,9H2,(H,19,20)(H,21,22)/t11-,12+,14-,15-/m0/s1. The lowest BCUT2D eigenvalue weighted by molar-refractivity contribution is -0.153. The Kier molecular flexibility index (Phi) is 4.21. The Morgan fingerprint density at radius 1 is 1.09 bits per heavy atom. The van der Waals surface area contributed by atoms with Gasteiger partial charge in [-0.25, -0.2) is 0 Å². The van der Waals surface area contributed by atoms with Gasteiger partial charge in [0.2, 0.25) is 5.91 Å². The number of aliphatic carboxylic acids is 1. The zero-order valence-corrected chi connectivity index (χ0v) is 12.8. The van der Waals surface area contributed by atoms with Crippen LogP contribution >= 0.6 is 11.6 Å². The number of nitrogens with one attached hydrogen (secondary N) is 1. The van der Waals surface area contributed by atoms with Crippen LogP contribution in [0, 0.1) is 23.7 Å². The Morgan fingerprint density at radius 2 is 1.68 bits per heavy atom. The number of carbonyl (C=O) groups is 2. The third-order valence-electron chi connectivity index (χ3n) is 4.72. The second-order valence-electron chi connectivity index (χ2n) is 6.02. The highest BCUT2D eigenvalue weighted by Crippen LogP contribution is 2.45. The summed E-state index contributed by atoms with van der Waals surface area (Å²) < 4.78 is 0. The summed E-state index contributed by atoms with van der Waals surface area (Å²) in [5.41, 5.74) is 0.945. The predicted molar refractivity (Wildman–Crippen MR) is 83.3 cm³/mol. The van der Waals surface area contributed by atoms with Crippen molar-refractivity contribution in [2.24, 2.45) is 23.7 Å². The van der Waals surface area contributed by atoms with E-state index in [9.17, 15) is 14.7 Å². The number of fused-ring (bicyclic) bond motifs is 2. The van der Waals surface area contributed by atoms with E-state index in [0.29, 0.717) is 11.6 Å². The van der Waals surface area contributed by atoms with Gasteiger partial charge < -0.3 is 10.4 Å². The van der Waals surface area contributed by atoms with Crippen molar-refractivity contribution in [3.63, 3.8) is 0 Å². The van der Waals surface area contributed by atoms with Crippen LogP contribution in [0.4, 0.5) is 0 Å². The second kappa shape index (κ2) is 6.13. The van der Waals surface area contributed by atoms with E-state index in [1.807, 2.05) is 24.3 Å². The van der Waals surface area contributed by atoms with E-state index in [0.717, 1.165) is 18.4 Å². The molecule has 4 rings (SSSR count). The fourth-order valence-electron chi connectivity index (χ4n) is 3.60. The Bertz CT molecular complexity index is 611. The number of benzene rings is 1. The first-order valence-electron chi connectivity index (χ1n) is 7.49. The monoisotopic (exact) mass is 319 g/mol. The van der Waals surface area contributed by atoms with Crippen molar-refractivity contribution >= 4 is 23.5 Å². The summed E-state index contributed by atoms with van der Waals surface area (Å²) in [5, 5.41) is 13.0. The number of carboxylic acids is 1. The van der Waals surface area contributed by atoms with E-state index < -0.39 is 17.8 Å². The van der Waals surface area contributed by atoms with Gasteiger partial charge in [-0.2, -0.15) is 0 Å². The fourth-order valence-corrected chi connectivity index (χ4v) is 3.72. The molecule has 1 amide bonds. The van der Waals surface area contributed by atoms with Crippen LogP contribution in [0.1, 0.15) is 18.4 Å². The summed E-state index contributed by atoms with van der Waals surface area (Å²) in [6, 6.07) is 7.25. The van der Waals surface area contributed by atoms with Gasteiger partial charge in [0.1, 0.15) is 0 Å².